The molecule has 6 rings (SSSR count). The molecule has 2 saturated heterocycles. The third-order valence-corrected chi connectivity index (χ3v) is 9.37. The molecule has 4 aromatic rings. The number of hydrogen-bond acceptors (Lipinski definition) is 19. The van der Waals surface area contributed by atoms with Crippen LogP contribution in [0.4, 0.5) is 0 Å². The average molecular weight is 787 g/mol. The summed E-state index contributed by atoms with van der Waals surface area (Å²) in [5, 5.41) is 114. The molecule has 2 aliphatic rings. The predicted molar refractivity (Wildman–Crippen MR) is 188 cm³/mol. The molecule has 0 bridgehead atoms. The van der Waals surface area contributed by atoms with Crippen LogP contribution >= 0.6 is 0 Å². The van der Waals surface area contributed by atoms with Crippen LogP contribution in [-0.2, 0) is 19.0 Å². The molecule has 4 unspecified atom stereocenters. The van der Waals surface area contributed by atoms with Gasteiger partial charge in [-0.2, -0.15) is 0 Å². The van der Waals surface area contributed by atoms with Gasteiger partial charge in [0.2, 0.25) is 6.29 Å². The van der Waals surface area contributed by atoms with E-state index in [1.54, 1.807) is 0 Å². The van der Waals surface area contributed by atoms with Gasteiger partial charge in [-0.3, -0.25) is 4.79 Å². The first-order valence-corrected chi connectivity index (χ1v) is 16.9. The van der Waals surface area contributed by atoms with Gasteiger partial charge in [-0.05, 0) is 42.0 Å². The fourth-order valence-electron chi connectivity index (χ4n) is 6.38. The van der Waals surface area contributed by atoms with Gasteiger partial charge >= 0.3 is 5.97 Å². The molecule has 2 aliphatic heterocycles. The van der Waals surface area contributed by atoms with Gasteiger partial charge in [0, 0.05) is 23.8 Å². The number of hydrogen-bond donors (Lipinski definition) is 11. The Morgan fingerprint density at radius 3 is 2.14 bits per heavy atom. The SMILES string of the molecule is COc1cc(/C=C/C(=O)OC2[C@@H](O)[C@H](O)C(CO)O[C@H]2c2c(O)cc3oc(-c4ccc(O[C@@H]5OC(CO)[C@@H](O)[C@H](O)C5O)c(O)c4)cc(=O)c3c2O)ccc1O. The van der Waals surface area contributed by atoms with E-state index in [0.717, 1.165) is 24.3 Å². The van der Waals surface area contributed by atoms with Crippen LogP contribution in [0.25, 0.3) is 28.4 Å². The summed E-state index contributed by atoms with van der Waals surface area (Å²) in [5.41, 5.74) is -1.33. The number of phenolic OH excluding ortho intramolecular Hbond substituents is 4. The fourth-order valence-corrected chi connectivity index (χ4v) is 6.38. The number of esters is 1. The van der Waals surface area contributed by atoms with Crippen molar-refractivity contribution in [3.05, 3.63) is 76.0 Å². The normalized spacial score (nSPS) is 28.0. The van der Waals surface area contributed by atoms with Gasteiger partial charge in [-0.15, -0.1) is 0 Å². The summed E-state index contributed by atoms with van der Waals surface area (Å²) in [5.74, 6) is -3.82. The quantitative estimate of drug-likeness (QED) is 0.0696. The number of methoxy groups -OCH3 is 1. The standard InChI is InChI=1S/C37H38O19/c1-51-22-8-14(2-5-16(22)40)3-7-26(44)56-36-33(49)30(46)24(12-38)53-35(36)28-19(43)11-23-27(31(28)47)18(42)10-21(52-23)15-4-6-20(17(41)9-15)54-37-34(50)32(48)29(45)25(13-39)55-37/h2-11,24-25,29-30,32-41,43,45-50H,12-13H2,1H3/b7-3+/t24?,25?,29-,30-,32+,33+,34?,35+,36?,37-/m1/s1. The maximum atomic E-state index is 13.5. The van der Waals surface area contributed by atoms with Gasteiger partial charge in [-0.1, -0.05) is 6.07 Å². The Bertz CT molecular complexity index is 2160. The van der Waals surface area contributed by atoms with E-state index < -0.39 is 114 Å². The molecule has 0 amide bonds. The first-order valence-electron chi connectivity index (χ1n) is 16.9. The van der Waals surface area contributed by atoms with Gasteiger partial charge in [-0.25, -0.2) is 4.79 Å². The highest BCUT2D eigenvalue weighted by Crippen LogP contribution is 2.46. The highest BCUT2D eigenvalue weighted by Gasteiger charge is 2.49. The van der Waals surface area contributed by atoms with Gasteiger partial charge in [0.25, 0.3) is 0 Å². The van der Waals surface area contributed by atoms with E-state index in [1.807, 2.05) is 0 Å². The van der Waals surface area contributed by atoms with E-state index in [9.17, 15) is 65.8 Å². The Morgan fingerprint density at radius 2 is 1.46 bits per heavy atom. The second-order valence-corrected chi connectivity index (χ2v) is 12.9. The highest BCUT2D eigenvalue weighted by atomic mass is 16.7. The molecule has 0 spiro atoms. The summed E-state index contributed by atoms with van der Waals surface area (Å²) >= 11 is 0. The third-order valence-electron chi connectivity index (χ3n) is 9.37. The zero-order valence-electron chi connectivity index (χ0n) is 29.1. The van der Waals surface area contributed by atoms with Crippen molar-refractivity contribution in [2.75, 3.05) is 20.3 Å². The summed E-state index contributed by atoms with van der Waals surface area (Å²) in [6.45, 7) is -1.56. The van der Waals surface area contributed by atoms with E-state index in [0.29, 0.717) is 5.56 Å². The number of rotatable bonds is 10. The van der Waals surface area contributed by atoms with Crippen LogP contribution in [0, 0.1) is 0 Å². The molecule has 0 aliphatic carbocycles. The molecule has 0 saturated carbocycles. The number of benzene rings is 3. The van der Waals surface area contributed by atoms with Crippen LogP contribution in [0.3, 0.4) is 0 Å². The third kappa shape index (κ3) is 7.67. The number of fused-ring (bicyclic) bond motifs is 1. The van der Waals surface area contributed by atoms with Crippen molar-refractivity contribution in [3.8, 4) is 45.8 Å². The minimum absolute atomic E-state index is 0.0787. The molecule has 2 fully saturated rings. The second-order valence-electron chi connectivity index (χ2n) is 12.9. The van der Waals surface area contributed by atoms with Crippen molar-refractivity contribution in [3.63, 3.8) is 0 Å². The second kappa shape index (κ2) is 16.3. The van der Waals surface area contributed by atoms with E-state index in [4.69, 9.17) is 28.1 Å². The minimum atomic E-state index is -1.94. The lowest BCUT2D eigenvalue weighted by atomic mass is 9.89. The van der Waals surface area contributed by atoms with Crippen molar-refractivity contribution in [1.29, 1.82) is 0 Å². The molecule has 10 atom stereocenters. The van der Waals surface area contributed by atoms with Crippen LogP contribution in [0.2, 0.25) is 0 Å². The van der Waals surface area contributed by atoms with E-state index in [2.05, 4.69) is 0 Å². The number of aliphatic hydroxyl groups is 7. The molecule has 56 heavy (non-hydrogen) atoms. The Labute approximate surface area is 315 Å². The van der Waals surface area contributed by atoms with E-state index in [-0.39, 0.29) is 34.2 Å². The zero-order chi connectivity index (χ0) is 40.6. The molecule has 19 heteroatoms. The predicted octanol–water partition coefficient (Wildman–Crippen LogP) is -0.751. The van der Waals surface area contributed by atoms with Crippen molar-refractivity contribution < 1.29 is 89.1 Å². The monoisotopic (exact) mass is 786 g/mol. The lowest BCUT2D eigenvalue weighted by Gasteiger charge is -2.42. The molecule has 19 nitrogen and oxygen atoms in total. The van der Waals surface area contributed by atoms with Crippen molar-refractivity contribution in [2.45, 2.75) is 61.2 Å². The smallest absolute Gasteiger partial charge is 0.331 e. The number of aliphatic hydroxyl groups excluding tert-OH is 7. The summed E-state index contributed by atoms with van der Waals surface area (Å²) in [6.07, 6.45) is -14.6. The number of carbonyl (C=O) groups excluding carboxylic acids is 1. The first-order chi connectivity index (χ1) is 26.7. The summed E-state index contributed by atoms with van der Waals surface area (Å²) < 4.78 is 32.8. The molecule has 3 heterocycles. The molecular formula is C37H38O19. The lowest BCUT2D eigenvalue weighted by Crippen LogP contribution is -2.60. The van der Waals surface area contributed by atoms with Gasteiger partial charge in [0.1, 0.15) is 77.1 Å². The largest absolute Gasteiger partial charge is 0.507 e. The van der Waals surface area contributed by atoms with Crippen molar-refractivity contribution in [2.24, 2.45) is 0 Å². The zero-order valence-corrected chi connectivity index (χ0v) is 29.1. The maximum absolute atomic E-state index is 13.5. The maximum Gasteiger partial charge on any atom is 0.331 e. The number of carbonyl (C=O) groups is 1. The van der Waals surface area contributed by atoms with Gasteiger partial charge < -0.3 is 84.3 Å². The number of ether oxygens (including phenoxy) is 5. The molecule has 1 aromatic heterocycles. The van der Waals surface area contributed by atoms with Crippen molar-refractivity contribution in [1.82, 2.24) is 0 Å². The van der Waals surface area contributed by atoms with Crippen LogP contribution < -0.4 is 14.9 Å². The Morgan fingerprint density at radius 1 is 0.768 bits per heavy atom. The summed E-state index contributed by atoms with van der Waals surface area (Å²) in [6, 6.07) is 9.68. The molecule has 11 N–H and O–H groups in total. The van der Waals surface area contributed by atoms with Gasteiger partial charge in [0.15, 0.2) is 34.5 Å². The first kappa shape index (κ1) is 40.2. The van der Waals surface area contributed by atoms with E-state index in [1.165, 1.54) is 43.5 Å². The number of aromatic hydroxyl groups is 4. The number of phenols is 4. The fraction of sp³-hybridized carbons (Fsp3) is 0.351. The van der Waals surface area contributed by atoms with Crippen LogP contribution in [0.15, 0.2) is 63.8 Å². The Balaban J connectivity index is 1.29. The van der Waals surface area contributed by atoms with Crippen LogP contribution in [0.5, 0.6) is 34.5 Å². The average Bonchev–Trinajstić information content (AvgIpc) is 3.17. The molecule has 0 radical (unpaired) electrons. The van der Waals surface area contributed by atoms with Crippen LogP contribution in [0.1, 0.15) is 17.2 Å². The van der Waals surface area contributed by atoms with E-state index >= 15 is 0 Å². The molecular weight excluding hydrogens is 748 g/mol. The Kier molecular flexibility index (Phi) is 11.7. The summed E-state index contributed by atoms with van der Waals surface area (Å²) in [4.78, 5) is 26.5. The molecule has 3 aromatic carbocycles. The van der Waals surface area contributed by atoms with Crippen LogP contribution in [-0.4, -0.2) is 138 Å². The molecule has 300 valence electrons. The summed E-state index contributed by atoms with van der Waals surface area (Å²) in [7, 11) is 1.33. The lowest BCUT2D eigenvalue weighted by molar-refractivity contribution is -0.277. The van der Waals surface area contributed by atoms with Gasteiger partial charge in [0.05, 0.1) is 25.9 Å². The van der Waals surface area contributed by atoms with Crippen molar-refractivity contribution >= 4 is 23.0 Å². The highest BCUT2D eigenvalue weighted by molar-refractivity contribution is 5.89. The topological polar surface area (TPSA) is 316 Å². The Hall–Kier alpha value is -5.48. The minimum Gasteiger partial charge on any atom is -0.507 e.